The van der Waals surface area contributed by atoms with Gasteiger partial charge in [-0.15, -0.1) is 0 Å². The van der Waals surface area contributed by atoms with Crippen LogP contribution in [0.1, 0.15) is 0 Å². The maximum Gasteiger partial charge on any atom is 0.319 e. The summed E-state index contributed by atoms with van der Waals surface area (Å²) in [4.78, 5) is 4.03. The van der Waals surface area contributed by atoms with Crippen molar-refractivity contribution < 1.29 is 17.7 Å². The van der Waals surface area contributed by atoms with Crippen LogP contribution in [-0.2, 0) is 9.15 Å². The van der Waals surface area contributed by atoms with Crippen molar-refractivity contribution in [3.8, 4) is 5.88 Å². The number of halogens is 1. The van der Waals surface area contributed by atoms with Crippen LogP contribution >= 0.6 is 26.7 Å². The predicted molar refractivity (Wildman–Crippen MR) is 74.3 cm³/mol. The minimum absolute atomic E-state index is 0.287. The predicted octanol–water partition coefficient (Wildman–Crippen LogP) is 1.35. The Balaban J connectivity index is 2.04. The molecule has 0 saturated carbocycles. The Morgan fingerprint density at radius 1 is 1.44 bits per heavy atom. The van der Waals surface area contributed by atoms with Crippen molar-refractivity contribution in [2.45, 2.75) is 0 Å². The minimum Gasteiger partial charge on any atom is -0.476 e. The molecule has 102 valence electrons. The number of hydrogen-bond acceptors (Lipinski definition) is 6. The molecular weight excluding hydrogens is 344 g/mol. The average molecular weight is 357 g/mol. The van der Waals surface area contributed by atoms with E-state index in [4.69, 9.17) is 9.29 Å². The van der Waals surface area contributed by atoms with Gasteiger partial charge in [-0.25, -0.2) is 4.98 Å². The lowest BCUT2D eigenvalue weighted by Crippen LogP contribution is -2.23. The van der Waals surface area contributed by atoms with Gasteiger partial charge in [-0.05, 0) is 32.8 Å². The molecule has 18 heavy (non-hydrogen) atoms. The van der Waals surface area contributed by atoms with Gasteiger partial charge in [-0.3, -0.25) is 4.55 Å². The molecule has 0 aliphatic rings. The highest BCUT2D eigenvalue weighted by Gasteiger charge is 2.03. The number of hydrogen-bond donors (Lipinski definition) is 2. The van der Waals surface area contributed by atoms with Crippen LogP contribution < -0.4 is 10.1 Å². The van der Waals surface area contributed by atoms with E-state index in [1.165, 1.54) is 0 Å². The van der Waals surface area contributed by atoms with Crippen molar-refractivity contribution in [2.75, 3.05) is 25.4 Å². The van der Waals surface area contributed by atoms with Crippen molar-refractivity contribution in [3.63, 3.8) is 0 Å². The molecule has 2 N–H and O–H groups in total. The first-order valence-electron chi connectivity index (χ1n) is 5.04. The molecule has 0 bridgehead atoms. The molecule has 0 saturated heterocycles. The van der Waals surface area contributed by atoms with Gasteiger partial charge in [0, 0.05) is 35.6 Å². The summed E-state index contributed by atoms with van der Waals surface area (Å²) >= 11 is 3.27. The molecule has 1 rings (SSSR count). The van der Waals surface area contributed by atoms with Gasteiger partial charge in [-0.2, -0.15) is 8.42 Å². The van der Waals surface area contributed by atoms with Gasteiger partial charge in [0.2, 0.25) is 5.88 Å². The SMILES string of the molecule is O=S(=O)(O)SCCNCCOc1ccc(Br)cn1. The third-order valence-electron chi connectivity index (χ3n) is 1.74. The summed E-state index contributed by atoms with van der Waals surface area (Å²) in [6, 6.07) is 3.58. The Morgan fingerprint density at radius 2 is 2.22 bits per heavy atom. The molecule has 0 aliphatic carbocycles. The van der Waals surface area contributed by atoms with Gasteiger partial charge in [0.1, 0.15) is 6.61 Å². The number of nitrogens with zero attached hydrogens (tertiary/aromatic N) is 1. The first-order chi connectivity index (χ1) is 8.47. The fraction of sp³-hybridized carbons (Fsp3) is 0.444. The molecule has 1 heterocycles. The van der Waals surface area contributed by atoms with Gasteiger partial charge in [0.15, 0.2) is 0 Å². The molecule has 0 radical (unpaired) electrons. The minimum atomic E-state index is -3.93. The third-order valence-corrected chi connectivity index (χ3v) is 4.27. The van der Waals surface area contributed by atoms with Crippen molar-refractivity contribution in [1.29, 1.82) is 0 Å². The molecule has 0 unspecified atom stereocenters. The van der Waals surface area contributed by atoms with Crippen LogP contribution in [0.3, 0.4) is 0 Å². The summed E-state index contributed by atoms with van der Waals surface area (Å²) in [6.07, 6.45) is 1.64. The topological polar surface area (TPSA) is 88.5 Å². The van der Waals surface area contributed by atoms with E-state index in [1.54, 1.807) is 12.3 Å². The number of pyridine rings is 1. The van der Waals surface area contributed by atoms with Gasteiger partial charge >= 0.3 is 9.15 Å². The zero-order chi connectivity index (χ0) is 13.4. The van der Waals surface area contributed by atoms with E-state index in [1.807, 2.05) is 6.07 Å². The Hall–Kier alpha value is -0.350. The molecule has 0 atom stereocenters. The van der Waals surface area contributed by atoms with Crippen molar-refractivity contribution in [1.82, 2.24) is 10.3 Å². The highest BCUT2D eigenvalue weighted by Crippen LogP contribution is 2.11. The molecule has 0 fully saturated rings. The molecule has 1 aromatic heterocycles. The van der Waals surface area contributed by atoms with E-state index in [2.05, 4.69) is 26.2 Å². The highest BCUT2D eigenvalue weighted by molar-refractivity contribution is 9.10. The van der Waals surface area contributed by atoms with Gasteiger partial charge in [0.05, 0.1) is 0 Å². The Labute approximate surface area is 118 Å². The van der Waals surface area contributed by atoms with E-state index in [9.17, 15) is 8.42 Å². The highest BCUT2D eigenvalue weighted by atomic mass is 79.9. The lowest BCUT2D eigenvalue weighted by molar-refractivity contribution is 0.304. The summed E-state index contributed by atoms with van der Waals surface area (Å²) in [5, 5.41) is 2.98. The molecule has 0 amide bonds. The Morgan fingerprint density at radius 3 is 2.83 bits per heavy atom. The van der Waals surface area contributed by atoms with Gasteiger partial charge in [0.25, 0.3) is 0 Å². The summed E-state index contributed by atoms with van der Waals surface area (Å²) in [6.45, 7) is 1.48. The summed E-state index contributed by atoms with van der Waals surface area (Å²) in [7, 11) is -3.44. The third kappa shape index (κ3) is 7.88. The Kier molecular flexibility index (Phi) is 6.94. The van der Waals surface area contributed by atoms with Crippen LogP contribution in [0.15, 0.2) is 22.8 Å². The van der Waals surface area contributed by atoms with E-state index < -0.39 is 9.15 Å². The van der Waals surface area contributed by atoms with E-state index >= 15 is 0 Å². The van der Waals surface area contributed by atoms with Crippen LogP contribution in [0.4, 0.5) is 0 Å². The number of rotatable bonds is 8. The van der Waals surface area contributed by atoms with Crippen LogP contribution in [0.5, 0.6) is 5.88 Å². The molecule has 9 heteroatoms. The number of ether oxygens (including phenoxy) is 1. The summed E-state index contributed by atoms with van der Waals surface area (Å²) in [5.74, 6) is 0.822. The molecule has 0 aromatic carbocycles. The lowest BCUT2D eigenvalue weighted by atomic mass is 10.5. The first kappa shape index (κ1) is 15.7. The van der Waals surface area contributed by atoms with Crippen molar-refractivity contribution in [3.05, 3.63) is 22.8 Å². The summed E-state index contributed by atoms with van der Waals surface area (Å²) in [5.41, 5.74) is 0. The monoisotopic (exact) mass is 356 g/mol. The van der Waals surface area contributed by atoms with Crippen LogP contribution in [-0.4, -0.2) is 43.4 Å². The maximum absolute atomic E-state index is 10.4. The molecule has 0 spiro atoms. The van der Waals surface area contributed by atoms with Gasteiger partial charge in [-0.1, -0.05) is 0 Å². The summed E-state index contributed by atoms with van der Waals surface area (Å²) < 4.78 is 35.5. The van der Waals surface area contributed by atoms with E-state index in [-0.39, 0.29) is 5.75 Å². The Bertz CT molecular complexity index is 452. The zero-order valence-electron chi connectivity index (χ0n) is 9.37. The van der Waals surface area contributed by atoms with E-state index in [0.29, 0.717) is 36.4 Å². The van der Waals surface area contributed by atoms with Crippen molar-refractivity contribution in [2.24, 2.45) is 0 Å². The molecular formula is C9H13BrN2O4S2. The van der Waals surface area contributed by atoms with Gasteiger partial charge < -0.3 is 10.1 Å². The molecule has 1 aromatic rings. The second-order valence-corrected chi connectivity index (χ2v) is 7.55. The van der Waals surface area contributed by atoms with Crippen molar-refractivity contribution >= 4 is 35.9 Å². The second-order valence-electron chi connectivity index (χ2n) is 3.16. The standard InChI is InChI=1S/C9H13BrN2O4S2/c10-8-1-2-9(12-7-8)16-5-3-11-4-6-17-18(13,14)15/h1-2,7,11H,3-6H2,(H,13,14,15). The van der Waals surface area contributed by atoms with Crippen LogP contribution in [0.2, 0.25) is 0 Å². The first-order valence-corrected chi connectivity index (χ1v) is 8.78. The maximum atomic E-state index is 10.4. The normalized spacial score (nSPS) is 11.4. The molecule has 6 nitrogen and oxygen atoms in total. The number of aromatic nitrogens is 1. The lowest BCUT2D eigenvalue weighted by Gasteiger charge is -2.06. The average Bonchev–Trinajstić information content (AvgIpc) is 2.29. The second kappa shape index (κ2) is 7.95. The zero-order valence-corrected chi connectivity index (χ0v) is 12.6. The molecule has 0 aliphatic heterocycles. The quantitative estimate of drug-likeness (QED) is 0.412. The van der Waals surface area contributed by atoms with Crippen LogP contribution in [0, 0.1) is 0 Å². The fourth-order valence-corrected chi connectivity index (χ4v) is 2.57. The smallest absolute Gasteiger partial charge is 0.319 e. The van der Waals surface area contributed by atoms with E-state index in [0.717, 1.165) is 4.47 Å². The number of nitrogens with one attached hydrogen (secondary N) is 1. The largest absolute Gasteiger partial charge is 0.476 e. The fourth-order valence-electron chi connectivity index (χ4n) is 1.02. The van der Waals surface area contributed by atoms with Crippen LogP contribution in [0.25, 0.3) is 0 Å².